The van der Waals surface area contributed by atoms with Gasteiger partial charge in [-0.25, -0.2) is 0 Å². The van der Waals surface area contributed by atoms with Crippen LogP contribution in [0.15, 0.2) is 24.3 Å². The molecule has 1 aliphatic rings. The maximum Gasteiger partial charge on any atom is 0.461 e. The van der Waals surface area contributed by atoms with E-state index in [0.717, 1.165) is 6.07 Å². The predicted octanol–water partition coefficient (Wildman–Crippen LogP) is 2.70. The average Bonchev–Trinajstić information content (AvgIpc) is 2.49. The minimum absolute atomic E-state index is 0.114. The summed E-state index contributed by atoms with van der Waals surface area (Å²) >= 11 is 0. The topological polar surface area (TPSA) is 32.8 Å². The minimum Gasteiger partial charge on any atom is -0.427 e. The maximum atomic E-state index is 13.1. The van der Waals surface area contributed by atoms with Crippen molar-refractivity contribution in [1.29, 1.82) is 0 Å². The number of ether oxygens (including phenoxy) is 1. The molecule has 4 nitrogen and oxygen atoms in total. The van der Waals surface area contributed by atoms with E-state index in [1.807, 2.05) is 14.0 Å². The van der Waals surface area contributed by atoms with Gasteiger partial charge in [-0.2, -0.15) is 17.6 Å². The van der Waals surface area contributed by atoms with E-state index in [4.69, 9.17) is 0 Å². The number of hydrogen-bond donors (Lipinski definition) is 0. The van der Waals surface area contributed by atoms with Crippen molar-refractivity contribution in [1.82, 2.24) is 9.80 Å². The molecule has 0 N–H and O–H groups in total. The first-order valence-corrected chi connectivity index (χ1v) is 7.16. The number of rotatable bonds is 4. The Morgan fingerprint density at radius 2 is 1.96 bits per heavy atom. The lowest BCUT2D eigenvalue weighted by atomic mass is 10.1. The Hall–Kier alpha value is -1.83. The van der Waals surface area contributed by atoms with E-state index in [-0.39, 0.29) is 11.6 Å². The van der Waals surface area contributed by atoms with Crippen molar-refractivity contribution in [2.45, 2.75) is 25.5 Å². The summed E-state index contributed by atoms with van der Waals surface area (Å²) in [6.07, 6.45) is -8.62. The Balaban J connectivity index is 2.21. The van der Waals surface area contributed by atoms with Gasteiger partial charge in [0, 0.05) is 25.7 Å². The summed E-state index contributed by atoms with van der Waals surface area (Å²) in [6.45, 7) is 3.43. The zero-order chi connectivity index (χ0) is 17.2. The number of carbonyl (C=O) groups is 1. The van der Waals surface area contributed by atoms with Crippen LogP contribution in [0.25, 0.3) is 0 Å². The summed E-state index contributed by atoms with van der Waals surface area (Å²) in [5, 5.41) is 0. The largest absolute Gasteiger partial charge is 0.461 e. The summed E-state index contributed by atoms with van der Waals surface area (Å²) in [5.41, 5.74) is -0.149. The number of alkyl halides is 4. The minimum atomic E-state index is -4.65. The van der Waals surface area contributed by atoms with Gasteiger partial charge in [0.05, 0.1) is 5.56 Å². The number of nitrogens with zero attached hydrogens (tertiary/aromatic N) is 2. The van der Waals surface area contributed by atoms with Crippen molar-refractivity contribution in [2.24, 2.45) is 0 Å². The zero-order valence-corrected chi connectivity index (χ0v) is 12.8. The van der Waals surface area contributed by atoms with E-state index in [2.05, 4.69) is 9.64 Å². The highest BCUT2D eigenvalue weighted by molar-refractivity contribution is 5.97. The van der Waals surface area contributed by atoms with Crippen LogP contribution in [-0.2, 0) is 0 Å². The number of hydrogen-bond acceptors (Lipinski definition) is 3. The molecule has 2 rings (SSSR count). The monoisotopic (exact) mass is 334 g/mol. The SMILES string of the molecule is C[C@H]1CN(C(=O)c2ccccc2OC(F)(F)C(F)F)CCN1C. The number of para-hydroxylation sites is 1. The van der Waals surface area contributed by atoms with Crippen LogP contribution in [0.5, 0.6) is 5.75 Å². The van der Waals surface area contributed by atoms with Crippen molar-refractivity contribution < 1.29 is 27.1 Å². The fourth-order valence-electron chi connectivity index (χ4n) is 2.33. The Morgan fingerprint density at radius 3 is 2.57 bits per heavy atom. The fourth-order valence-corrected chi connectivity index (χ4v) is 2.33. The van der Waals surface area contributed by atoms with Gasteiger partial charge in [0.15, 0.2) is 0 Å². The normalized spacial score (nSPS) is 20.0. The predicted molar refractivity (Wildman–Crippen MR) is 76.0 cm³/mol. The van der Waals surface area contributed by atoms with Gasteiger partial charge in [-0.3, -0.25) is 4.79 Å². The van der Waals surface area contributed by atoms with Crippen LogP contribution in [0.2, 0.25) is 0 Å². The molecule has 1 fully saturated rings. The third-order valence-corrected chi connectivity index (χ3v) is 3.86. The first-order chi connectivity index (χ1) is 10.7. The molecular weight excluding hydrogens is 316 g/mol. The molecule has 1 aromatic rings. The first kappa shape index (κ1) is 17.5. The smallest absolute Gasteiger partial charge is 0.427 e. The molecule has 0 saturated carbocycles. The summed E-state index contributed by atoms with van der Waals surface area (Å²) in [7, 11) is 1.92. The van der Waals surface area contributed by atoms with Gasteiger partial charge >= 0.3 is 12.5 Å². The highest BCUT2D eigenvalue weighted by Gasteiger charge is 2.44. The lowest BCUT2D eigenvalue weighted by Crippen LogP contribution is -2.52. The van der Waals surface area contributed by atoms with Crippen molar-refractivity contribution in [2.75, 3.05) is 26.7 Å². The van der Waals surface area contributed by atoms with E-state index < -0.39 is 24.2 Å². The molecule has 0 spiro atoms. The second-order valence-corrected chi connectivity index (χ2v) is 5.54. The molecule has 8 heteroatoms. The van der Waals surface area contributed by atoms with Gasteiger partial charge in [-0.15, -0.1) is 0 Å². The van der Waals surface area contributed by atoms with E-state index in [0.29, 0.717) is 19.6 Å². The summed E-state index contributed by atoms with van der Waals surface area (Å²) < 4.78 is 55.0. The van der Waals surface area contributed by atoms with Gasteiger partial charge in [-0.05, 0) is 26.1 Å². The molecular formula is C15H18F4N2O2. The molecule has 0 aliphatic carbocycles. The fraction of sp³-hybridized carbons (Fsp3) is 0.533. The Kier molecular flexibility index (Phi) is 5.13. The van der Waals surface area contributed by atoms with E-state index in [1.54, 1.807) is 0 Å². The third-order valence-electron chi connectivity index (χ3n) is 3.86. The van der Waals surface area contributed by atoms with Crippen molar-refractivity contribution >= 4 is 5.91 Å². The quantitative estimate of drug-likeness (QED) is 0.794. The molecule has 0 bridgehead atoms. The van der Waals surface area contributed by atoms with Gasteiger partial charge < -0.3 is 14.5 Å². The Morgan fingerprint density at radius 1 is 1.30 bits per heavy atom. The van der Waals surface area contributed by atoms with Crippen LogP contribution < -0.4 is 4.74 Å². The first-order valence-electron chi connectivity index (χ1n) is 7.16. The van der Waals surface area contributed by atoms with E-state index in [9.17, 15) is 22.4 Å². The second-order valence-electron chi connectivity index (χ2n) is 5.54. The second kappa shape index (κ2) is 6.74. The molecule has 1 saturated heterocycles. The van der Waals surface area contributed by atoms with Crippen LogP contribution in [0.4, 0.5) is 17.6 Å². The van der Waals surface area contributed by atoms with Crippen LogP contribution >= 0.6 is 0 Å². The van der Waals surface area contributed by atoms with Crippen LogP contribution in [-0.4, -0.2) is 61.0 Å². The number of halogens is 4. The molecule has 1 heterocycles. The Bertz CT molecular complexity index is 568. The summed E-state index contributed by atoms with van der Waals surface area (Å²) in [4.78, 5) is 16.1. The third kappa shape index (κ3) is 3.93. The van der Waals surface area contributed by atoms with Crippen LogP contribution in [0.3, 0.4) is 0 Å². The molecule has 128 valence electrons. The van der Waals surface area contributed by atoms with Crippen molar-refractivity contribution in [3.8, 4) is 5.75 Å². The van der Waals surface area contributed by atoms with Crippen LogP contribution in [0.1, 0.15) is 17.3 Å². The number of benzene rings is 1. The van der Waals surface area contributed by atoms with Gasteiger partial charge in [-0.1, -0.05) is 12.1 Å². The molecule has 0 aromatic heterocycles. The number of amides is 1. The standard InChI is InChI=1S/C15H18F4N2O2/c1-10-9-21(8-7-20(10)2)13(22)11-5-3-4-6-12(11)23-15(18,19)14(16)17/h3-6,10,14H,7-9H2,1-2H3/t10-/m0/s1. The van der Waals surface area contributed by atoms with Gasteiger partial charge in [0.25, 0.3) is 5.91 Å². The molecule has 1 amide bonds. The van der Waals surface area contributed by atoms with E-state index in [1.165, 1.54) is 23.1 Å². The molecule has 0 unspecified atom stereocenters. The highest BCUT2D eigenvalue weighted by atomic mass is 19.3. The highest BCUT2D eigenvalue weighted by Crippen LogP contribution is 2.30. The lowest BCUT2D eigenvalue weighted by molar-refractivity contribution is -0.253. The Labute approximate surface area is 131 Å². The summed E-state index contributed by atoms with van der Waals surface area (Å²) in [6, 6.07) is 5.31. The zero-order valence-electron chi connectivity index (χ0n) is 12.8. The van der Waals surface area contributed by atoms with Gasteiger partial charge in [0.2, 0.25) is 0 Å². The van der Waals surface area contributed by atoms with E-state index >= 15 is 0 Å². The average molecular weight is 334 g/mol. The molecule has 1 aromatic carbocycles. The lowest BCUT2D eigenvalue weighted by Gasteiger charge is -2.37. The van der Waals surface area contributed by atoms with Crippen molar-refractivity contribution in [3.63, 3.8) is 0 Å². The van der Waals surface area contributed by atoms with Crippen LogP contribution in [0, 0.1) is 0 Å². The summed E-state index contributed by atoms with van der Waals surface area (Å²) in [5.74, 6) is -1.06. The molecule has 1 atom stereocenters. The number of carbonyl (C=O) groups excluding carboxylic acids is 1. The molecule has 23 heavy (non-hydrogen) atoms. The number of piperazine rings is 1. The number of likely N-dealkylation sites (N-methyl/N-ethyl adjacent to an activating group) is 1. The molecule has 0 radical (unpaired) electrons. The van der Waals surface area contributed by atoms with Crippen molar-refractivity contribution in [3.05, 3.63) is 29.8 Å². The maximum absolute atomic E-state index is 13.1. The molecule has 1 aliphatic heterocycles. The van der Waals surface area contributed by atoms with Gasteiger partial charge in [0.1, 0.15) is 5.75 Å².